The highest BCUT2D eigenvalue weighted by Crippen LogP contribution is 2.28. The van der Waals surface area contributed by atoms with Crippen molar-refractivity contribution in [3.8, 4) is 5.75 Å². The highest BCUT2D eigenvalue weighted by atomic mass is 32.1. The van der Waals surface area contributed by atoms with Gasteiger partial charge in [-0.3, -0.25) is 9.59 Å². The molecule has 0 bridgehead atoms. The van der Waals surface area contributed by atoms with Crippen LogP contribution in [-0.2, 0) is 4.79 Å². The Labute approximate surface area is 196 Å². The van der Waals surface area contributed by atoms with E-state index in [2.05, 4.69) is 27.8 Å². The fourth-order valence-corrected chi connectivity index (χ4v) is 4.56. The Kier molecular flexibility index (Phi) is 6.70. The van der Waals surface area contributed by atoms with E-state index in [1.54, 1.807) is 18.2 Å². The number of hydrogen-bond acceptors (Lipinski definition) is 5. The lowest BCUT2D eigenvalue weighted by molar-refractivity contribution is -0.116. The van der Waals surface area contributed by atoms with Gasteiger partial charge in [-0.25, -0.2) is 4.98 Å². The maximum absolute atomic E-state index is 12.9. The van der Waals surface area contributed by atoms with Crippen molar-refractivity contribution in [2.45, 2.75) is 27.2 Å². The van der Waals surface area contributed by atoms with Gasteiger partial charge >= 0.3 is 0 Å². The molecule has 0 aliphatic carbocycles. The molecule has 33 heavy (non-hydrogen) atoms. The number of aryl methyl sites for hydroxylation is 3. The minimum Gasteiger partial charge on any atom is -0.493 e. The average Bonchev–Trinajstić information content (AvgIpc) is 3.18. The van der Waals surface area contributed by atoms with Gasteiger partial charge in [0.25, 0.3) is 5.91 Å². The van der Waals surface area contributed by atoms with Crippen molar-refractivity contribution in [3.63, 3.8) is 0 Å². The number of amides is 2. The van der Waals surface area contributed by atoms with Crippen molar-refractivity contribution in [2.24, 2.45) is 0 Å². The molecule has 0 atom stereocenters. The SMILES string of the molecule is Cc1cc(C)c(NC(=O)c2ccc3nc(NC(=O)CCOc4ccccc4)sc3c2)c(C)c1. The van der Waals surface area contributed by atoms with Crippen LogP contribution in [0.1, 0.15) is 33.5 Å². The monoisotopic (exact) mass is 459 g/mol. The molecule has 0 saturated carbocycles. The van der Waals surface area contributed by atoms with Crippen LogP contribution in [0.15, 0.2) is 60.7 Å². The molecule has 2 N–H and O–H groups in total. The summed E-state index contributed by atoms with van der Waals surface area (Å²) in [6, 6.07) is 18.8. The molecular formula is C26H25N3O3S. The number of para-hydroxylation sites is 1. The van der Waals surface area contributed by atoms with Gasteiger partial charge in [0.2, 0.25) is 5.91 Å². The molecule has 3 aromatic carbocycles. The van der Waals surface area contributed by atoms with Gasteiger partial charge in [0.15, 0.2) is 5.13 Å². The number of carbonyl (C=O) groups excluding carboxylic acids is 2. The fraction of sp³-hybridized carbons (Fsp3) is 0.192. The standard InChI is InChI=1S/C26H25N3O3S/c1-16-13-17(2)24(18(3)14-16)29-25(31)19-9-10-21-22(15-19)33-26(27-21)28-23(30)11-12-32-20-7-5-4-6-8-20/h4-10,13-15H,11-12H2,1-3H3,(H,29,31)(H,27,28,30). The topological polar surface area (TPSA) is 80.3 Å². The van der Waals surface area contributed by atoms with Crippen LogP contribution >= 0.6 is 11.3 Å². The van der Waals surface area contributed by atoms with Crippen LogP contribution in [0.25, 0.3) is 10.2 Å². The van der Waals surface area contributed by atoms with E-state index in [0.717, 1.165) is 38.3 Å². The second-order valence-electron chi connectivity index (χ2n) is 7.89. The molecule has 0 aliphatic heterocycles. The number of anilines is 2. The van der Waals surface area contributed by atoms with Gasteiger partial charge in [0.1, 0.15) is 5.75 Å². The molecule has 1 aromatic heterocycles. The third-order valence-corrected chi connectivity index (χ3v) is 6.09. The number of nitrogens with one attached hydrogen (secondary N) is 2. The van der Waals surface area contributed by atoms with Gasteiger partial charge in [-0.15, -0.1) is 0 Å². The summed E-state index contributed by atoms with van der Waals surface area (Å²) in [5.74, 6) is 0.379. The van der Waals surface area contributed by atoms with Crippen LogP contribution in [0.4, 0.5) is 10.8 Å². The molecule has 0 radical (unpaired) electrons. The van der Waals surface area contributed by atoms with Crippen LogP contribution in [-0.4, -0.2) is 23.4 Å². The Balaban J connectivity index is 1.40. The van der Waals surface area contributed by atoms with E-state index in [4.69, 9.17) is 4.74 Å². The lowest BCUT2D eigenvalue weighted by atomic mass is 10.0. The fourth-order valence-electron chi connectivity index (χ4n) is 3.64. The van der Waals surface area contributed by atoms with Crippen molar-refractivity contribution in [1.82, 2.24) is 4.98 Å². The Morgan fingerprint density at radius 3 is 2.39 bits per heavy atom. The molecular weight excluding hydrogens is 434 g/mol. The molecule has 0 aliphatic rings. The third-order valence-electron chi connectivity index (χ3n) is 5.15. The highest BCUT2D eigenvalue weighted by molar-refractivity contribution is 7.22. The quantitative estimate of drug-likeness (QED) is 0.362. The van der Waals surface area contributed by atoms with E-state index in [9.17, 15) is 9.59 Å². The molecule has 168 valence electrons. The first kappa shape index (κ1) is 22.5. The molecule has 1 heterocycles. The van der Waals surface area contributed by atoms with E-state index in [1.807, 2.05) is 51.1 Å². The summed E-state index contributed by atoms with van der Waals surface area (Å²) in [5, 5.41) is 6.34. The first-order valence-corrected chi connectivity index (χ1v) is 11.5. The molecule has 4 rings (SSSR count). The van der Waals surface area contributed by atoms with E-state index in [-0.39, 0.29) is 24.8 Å². The van der Waals surface area contributed by atoms with Crippen LogP contribution in [0.3, 0.4) is 0 Å². The van der Waals surface area contributed by atoms with Gasteiger partial charge in [0, 0.05) is 11.3 Å². The van der Waals surface area contributed by atoms with Gasteiger partial charge in [-0.1, -0.05) is 47.2 Å². The van der Waals surface area contributed by atoms with Crippen LogP contribution < -0.4 is 15.4 Å². The van der Waals surface area contributed by atoms with Gasteiger partial charge in [0.05, 0.1) is 23.2 Å². The number of fused-ring (bicyclic) bond motifs is 1. The van der Waals surface area contributed by atoms with Crippen LogP contribution in [0.2, 0.25) is 0 Å². The van der Waals surface area contributed by atoms with Crippen LogP contribution in [0.5, 0.6) is 5.75 Å². The number of nitrogens with zero attached hydrogens (tertiary/aromatic N) is 1. The average molecular weight is 460 g/mol. The van der Waals surface area contributed by atoms with Crippen LogP contribution in [0, 0.1) is 20.8 Å². The van der Waals surface area contributed by atoms with Crippen molar-refractivity contribution < 1.29 is 14.3 Å². The largest absolute Gasteiger partial charge is 0.493 e. The molecule has 0 unspecified atom stereocenters. The Morgan fingerprint density at radius 2 is 1.67 bits per heavy atom. The minimum absolute atomic E-state index is 0.173. The lowest BCUT2D eigenvalue weighted by Crippen LogP contribution is -2.14. The second-order valence-corrected chi connectivity index (χ2v) is 8.92. The first-order chi connectivity index (χ1) is 15.9. The summed E-state index contributed by atoms with van der Waals surface area (Å²) in [6.07, 6.45) is 0.216. The number of ether oxygens (including phenoxy) is 1. The van der Waals surface area contributed by atoms with E-state index < -0.39 is 0 Å². The smallest absolute Gasteiger partial charge is 0.255 e. The molecule has 7 heteroatoms. The lowest BCUT2D eigenvalue weighted by Gasteiger charge is -2.12. The maximum atomic E-state index is 12.9. The van der Waals surface area contributed by atoms with Crippen molar-refractivity contribution in [3.05, 3.63) is 82.9 Å². The summed E-state index contributed by atoms with van der Waals surface area (Å²) in [4.78, 5) is 29.6. The van der Waals surface area contributed by atoms with Gasteiger partial charge in [-0.2, -0.15) is 0 Å². The molecule has 0 fully saturated rings. The summed E-state index contributed by atoms with van der Waals surface area (Å²) < 4.78 is 6.39. The number of thiazole rings is 1. The third kappa shape index (κ3) is 5.56. The number of benzene rings is 3. The van der Waals surface area contributed by atoms with E-state index in [0.29, 0.717) is 10.7 Å². The number of carbonyl (C=O) groups is 2. The van der Waals surface area contributed by atoms with Crippen molar-refractivity contribution in [2.75, 3.05) is 17.2 Å². The Morgan fingerprint density at radius 1 is 0.939 bits per heavy atom. The number of rotatable bonds is 7. The summed E-state index contributed by atoms with van der Waals surface area (Å²) in [7, 11) is 0. The highest BCUT2D eigenvalue weighted by Gasteiger charge is 2.14. The van der Waals surface area contributed by atoms with Gasteiger partial charge in [-0.05, 0) is 62.2 Å². The molecule has 0 saturated heterocycles. The summed E-state index contributed by atoms with van der Waals surface area (Å²) in [5.41, 5.74) is 5.33. The molecule has 6 nitrogen and oxygen atoms in total. The van der Waals surface area contributed by atoms with Gasteiger partial charge < -0.3 is 15.4 Å². The van der Waals surface area contributed by atoms with Crippen molar-refractivity contribution >= 4 is 44.2 Å². The zero-order valence-electron chi connectivity index (χ0n) is 18.8. The number of hydrogen-bond donors (Lipinski definition) is 2. The first-order valence-electron chi connectivity index (χ1n) is 10.7. The minimum atomic E-state index is -0.177. The molecule has 4 aromatic rings. The zero-order chi connectivity index (χ0) is 23.4. The molecule has 2 amide bonds. The summed E-state index contributed by atoms with van der Waals surface area (Å²) >= 11 is 1.34. The zero-order valence-corrected chi connectivity index (χ0v) is 19.6. The Hall–Kier alpha value is -3.71. The normalized spacial score (nSPS) is 10.8. The predicted molar refractivity (Wildman–Crippen MR) is 133 cm³/mol. The Bertz CT molecular complexity index is 1290. The van der Waals surface area contributed by atoms with E-state index in [1.165, 1.54) is 11.3 Å². The van der Waals surface area contributed by atoms with Crippen molar-refractivity contribution in [1.29, 1.82) is 0 Å². The molecule has 0 spiro atoms. The maximum Gasteiger partial charge on any atom is 0.255 e. The predicted octanol–water partition coefficient (Wildman–Crippen LogP) is 5.88. The summed E-state index contributed by atoms with van der Waals surface area (Å²) in [6.45, 7) is 6.29. The second kappa shape index (κ2) is 9.83. The van der Waals surface area contributed by atoms with E-state index >= 15 is 0 Å². The number of aromatic nitrogens is 1.